The maximum absolute atomic E-state index is 14.3. The van der Waals surface area contributed by atoms with E-state index < -0.39 is 11.4 Å². The first-order valence-electron chi connectivity index (χ1n) is 10.3. The molecule has 5 rings (SSSR count). The summed E-state index contributed by atoms with van der Waals surface area (Å²) in [6.07, 6.45) is 1.48. The minimum atomic E-state index is -0.494. The van der Waals surface area contributed by atoms with E-state index in [2.05, 4.69) is 30.9 Å². The Labute approximate surface area is 182 Å². The van der Waals surface area contributed by atoms with E-state index in [-0.39, 0.29) is 17.3 Å². The van der Waals surface area contributed by atoms with E-state index in [0.717, 1.165) is 17.9 Å². The molecule has 3 N–H and O–H groups in total. The van der Waals surface area contributed by atoms with E-state index in [1.807, 2.05) is 31.3 Å². The quantitative estimate of drug-likeness (QED) is 0.398. The van der Waals surface area contributed by atoms with E-state index in [9.17, 15) is 9.18 Å². The lowest BCUT2D eigenvalue weighted by Crippen LogP contribution is -2.30. The molecular weight excluding hydrogens is 413 g/mol. The first-order chi connectivity index (χ1) is 15.6. The molecule has 4 aromatic rings. The lowest BCUT2D eigenvalue weighted by atomic mass is 9.83. The second-order valence-corrected chi connectivity index (χ2v) is 7.68. The third-order valence-electron chi connectivity index (χ3n) is 5.71. The fourth-order valence-corrected chi connectivity index (χ4v) is 4.21. The molecule has 2 aromatic carbocycles. The molecular formula is C22H22FN7O2. The normalized spacial score (nSPS) is 17.3. The first kappa shape index (κ1) is 20.1. The van der Waals surface area contributed by atoms with Gasteiger partial charge in [0.1, 0.15) is 30.3 Å². The van der Waals surface area contributed by atoms with Gasteiger partial charge in [-0.05, 0) is 36.9 Å². The molecule has 10 heteroatoms. The summed E-state index contributed by atoms with van der Waals surface area (Å²) in [6.45, 7) is 1.31. The summed E-state index contributed by atoms with van der Waals surface area (Å²) in [4.78, 5) is 16.8. The minimum absolute atomic E-state index is 0.247. The maximum atomic E-state index is 14.3. The molecule has 0 amide bonds. The van der Waals surface area contributed by atoms with Crippen molar-refractivity contribution in [2.24, 2.45) is 7.05 Å². The molecule has 9 nitrogen and oxygen atoms in total. The monoisotopic (exact) mass is 435 g/mol. The lowest BCUT2D eigenvalue weighted by Gasteiger charge is -2.33. The van der Waals surface area contributed by atoms with Crippen molar-refractivity contribution in [3.05, 3.63) is 76.0 Å². The van der Waals surface area contributed by atoms with Crippen LogP contribution in [0.15, 0.2) is 47.5 Å². The van der Waals surface area contributed by atoms with Crippen LogP contribution in [0.2, 0.25) is 0 Å². The van der Waals surface area contributed by atoms with Gasteiger partial charge in [-0.25, -0.2) is 14.5 Å². The van der Waals surface area contributed by atoms with Crippen LogP contribution in [0.3, 0.4) is 0 Å². The smallest absolute Gasteiger partial charge is 0.272 e. The van der Waals surface area contributed by atoms with Crippen LogP contribution in [0.4, 0.5) is 10.1 Å². The van der Waals surface area contributed by atoms with Crippen molar-refractivity contribution >= 4 is 16.5 Å². The molecule has 0 radical (unpaired) electrons. The summed E-state index contributed by atoms with van der Waals surface area (Å²) >= 11 is 0. The maximum Gasteiger partial charge on any atom is 0.272 e. The van der Waals surface area contributed by atoms with Crippen molar-refractivity contribution in [1.82, 2.24) is 30.3 Å². The molecule has 2 aromatic heterocycles. The highest BCUT2D eigenvalue weighted by Crippen LogP contribution is 2.46. The third kappa shape index (κ3) is 3.38. The van der Waals surface area contributed by atoms with Crippen LogP contribution in [0.5, 0.6) is 5.75 Å². The van der Waals surface area contributed by atoms with E-state index in [1.165, 1.54) is 18.5 Å². The van der Waals surface area contributed by atoms with Crippen molar-refractivity contribution in [3.63, 3.8) is 0 Å². The summed E-state index contributed by atoms with van der Waals surface area (Å²) in [5.41, 5.74) is 1.63. The number of benzene rings is 2. The number of halogens is 1. The second-order valence-electron chi connectivity index (χ2n) is 7.68. The van der Waals surface area contributed by atoms with E-state index in [4.69, 9.17) is 4.74 Å². The van der Waals surface area contributed by atoms with Crippen LogP contribution in [0.1, 0.15) is 29.0 Å². The number of aromatic nitrogens is 5. The van der Waals surface area contributed by atoms with E-state index in [1.54, 1.807) is 11.7 Å². The van der Waals surface area contributed by atoms with Gasteiger partial charge in [-0.2, -0.15) is 10.2 Å². The molecule has 0 saturated carbocycles. The summed E-state index contributed by atoms with van der Waals surface area (Å²) in [5.74, 6) is 0.571. The zero-order valence-corrected chi connectivity index (χ0v) is 17.6. The number of rotatable bonds is 6. The van der Waals surface area contributed by atoms with Gasteiger partial charge in [0, 0.05) is 24.7 Å². The highest BCUT2D eigenvalue weighted by atomic mass is 19.1. The first-order valence-corrected chi connectivity index (χ1v) is 10.3. The Bertz CT molecular complexity index is 1330. The number of nitrogens with zero attached hydrogens (tertiary/aromatic N) is 4. The Kier molecular flexibility index (Phi) is 5.06. The molecule has 0 spiro atoms. The molecule has 32 heavy (non-hydrogen) atoms. The van der Waals surface area contributed by atoms with Gasteiger partial charge in [0.25, 0.3) is 5.56 Å². The number of hydrogen-bond donors (Lipinski definition) is 3. The summed E-state index contributed by atoms with van der Waals surface area (Å²) in [5, 5.41) is 18.4. The van der Waals surface area contributed by atoms with Gasteiger partial charge in [0.15, 0.2) is 0 Å². The van der Waals surface area contributed by atoms with Gasteiger partial charge >= 0.3 is 0 Å². The summed E-state index contributed by atoms with van der Waals surface area (Å²) in [6, 6.07) is 10.0. The molecule has 0 bridgehead atoms. The van der Waals surface area contributed by atoms with E-state index in [0.29, 0.717) is 29.2 Å². The predicted molar refractivity (Wildman–Crippen MR) is 117 cm³/mol. The standard InChI is InChI=1S/C22H22FN7O2/c1-24-7-8-32-14-5-3-12(4-6-14)19-18(21-25-11-26-30(21)2)20-17-15(22(31)29-28-20)9-13(23)10-16(17)27-19/h3-6,9-11,18-19,24,27H,7-8H2,1-2H3,(H,29,31)/t18-,19-/m1/s1. The number of anilines is 1. The molecule has 1 aliphatic rings. The Morgan fingerprint density at radius 3 is 2.78 bits per heavy atom. The molecule has 0 fully saturated rings. The van der Waals surface area contributed by atoms with Crippen molar-refractivity contribution < 1.29 is 9.13 Å². The van der Waals surface area contributed by atoms with Crippen molar-refractivity contribution in [2.75, 3.05) is 25.5 Å². The van der Waals surface area contributed by atoms with Gasteiger partial charge in [0.2, 0.25) is 0 Å². The zero-order valence-electron chi connectivity index (χ0n) is 17.6. The second kappa shape index (κ2) is 8.04. The Balaban J connectivity index is 1.63. The van der Waals surface area contributed by atoms with Crippen LogP contribution >= 0.6 is 0 Å². The topological polar surface area (TPSA) is 110 Å². The van der Waals surface area contributed by atoms with Gasteiger partial charge < -0.3 is 15.4 Å². The van der Waals surface area contributed by atoms with Crippen LogP contribution in [-0.4, -0.2) is 45.2 Å². The average Bonchev–Trinajstić information content (AvgIpc) is 3.21. The molecule has 164 valence electrons. The molecule has 0 unspecified atom stereocenters. The van der Waals surface area contributed by atoms with Gasteiger partial charge in [0.05, 0.1) is 23.0 Å². The minimum Gasteiger partial charge on any atom is -0.492 e. The van der Waals surface area contributed by atoms with E-state index >= 15 is 0 Å². The number of hydrogen-bond acceptors (Lipinski definition) is 7. The molecule has 2 atom stereocenters. The molecule has 0 aliphatic carbocycles. The number of H-pyrrole nitrogens is 1. The number of ether oxygens (including phenoxy) is 1. The van der Waals surface area contributed by atoms with Gasteiger partial charge in [-0.15, -0.1) is 0 Å². The molecule has 1 aliphatic heterocycles. The number of aryl methyl sites for hydroxylation is 1. The SMILES string of the molecule is CNCCOc1ccc([C@H]2Nc3cc(F)cc4c(=O)[nH]nc(c34)[C@@H]2c2ncnn2C)cc1. The van der Waals surface area contributed by atoms with Gasteiger partial charge in [-0.3, -0.25) is 9.48 Å². The highest BCUT2D eigenvalue weighted by Gasteiger charge is 2.37. The van der Waals surface area contributed by atoms with Crippen molar-refractivity contribution in [1.29, 1.82) is 0 Å². The Morgan fingerprint density at radius 1 is 1.25 bits per heavy atom. The van der Waals surface area contributed by atoms with Crippen molar-refractivity contribution in [3.8, 4) is 5.75 Å². The summed E-state index contributed by atoms with van der Waals surface area (Å²) in [7, 11) is 3.68. The lowest BCUT2D eigenvalue weighted by molar-refractivity contribution is 0.318. The summed E-state index contributed by atoms with van der Waals surface area (Å²) < 4.78 is 21.7. The molecule has 3 heterocycles. The van der Waals surface area contributed by atoms with Gasteiger partial charge in [-0.1, -0.05) is 12.1 Å². The fraction of sp³-hybridized carbons (Fsp3) is 0.273. The van der Waals surface area contributed by atoms with Crippen molar-refractivity contribution in [2.45, 2.75) is 12.0 Å². The van der Waals surface area contributed by atoms with Crippen LogP contribution < -0.4 is 20.9 Å². The number of nitrogens with one attached hydrogen (secondary N) is 3. The number of aromatic amines is 1. The van der Waals surface area contributed by atoms with Crippen LogP contribution in [-0.2, 0) is 7.05 Å². The molecule has 0 saturated heterocycles. The zero-order chi connectivity index (χ0) is 22.2. The predicted octanol–water partition coefficient (Wildman–Crippen LogP) is 2.09. The average molecular weight is 435 g/mol. The van der Waals surface area contributed by atoms with Crippen LogP contribution in [0.25, 0.3) is 10.8 Å². The third-order valence-corrected chi connectivity index (χ3v) is 5.71. The fourth-order valence-electron chi connectivity index (χ4n) is 4.21. The van der Waals surface area contributed by atoms with Crippen LogP contribution in [0, 0.1) is 5.82 Å². The largest absolute Gasteiger partial charge is 0.492 e. The Morgan fingerprint density at radius 2 is 2.06 bits per heavy atom. The highest BCUT2D eigenvalue weighted by molar-refractivity contribution is 5.97. The Hall–Kier alpha value is -3.79. The number of likely N-dealkylation sites (N-methyl/N-ethyl adjacent to an activating group) is 1.